The van der Waals surface area contributed by atoms with Gasteiger partial charge in [0.1, 0.15) is 5.15 Å². The molecule has 0 fully saturated rings. The maximum absolute atomic E-state index is 12.6. The zero-order chi connectivity index (χ0) is 18.5. The van der Waals surface area contributed by atoms with Crippen LogP contribution >= 0.6 is 11.6 Å². The third kappa shape index (κ3) is 4.24. The Labute approximate surface area is 157 Å². The van der Waals surface area contributed by atoms with Crippen LogP contribution in [0.5, 0.6) is 0 Å². The molecule has 0 aliphatic heterocycles. The van der Waals surface area contributed by atoms with Crippen molar-refractivity contribution in [1.82, 2.24) is 15.0 Å². The van der Waals surface area contributed by atoms with Gasteiger partial charge in [-0.3, -0.25) is 14.8 Å². The Kier molecular flexibility index (Phi) is 5.58. The van der Waals surface area contributed by atoms with Crippen LogP contribution in [0.15, 0.2) is 61.2 Å². The van der Waals surface area contributed by atoms with Crippen molar-refractivity contribution < 1.29 is 4.79 Å². The molecule has 132 valence electrons. The van der Waals surface area contributed by atoms with E-state index in [1.165, 1.54) is 6.20 Å². The van der Waals surface area contributed by atoms with Crippen molar-refractivity contribution in [1.29, 1.82) is 0 Å². The van der Waals surface area contributed by atoms with Crippen molar-refractivity contribution in [2.24, 2.45) is 0 Å². The van der Waals surface area contributed by atoms with Crippen LogP contribution in [-0.2, 0) is 6.42 Å². The van der Waals surface area contributed by atoms with Crippen LogP contribution in [0.25, 0.3) is 0 Å². The number of benzene rings is 1. The van der Waals surface area contributed by atoms with Crippen LogP contribution < -0.4 is 4.90 Å². The highest BCUT2D eigenvalue weighted by atomic mass is 35.5. The van der Waals surface area contributed by atoms with Gasteiger partial charge in [-0.2, -0.15) is 0 Å². The normalized spacial score (nSPS) is 11.8. The number of carbonyl (C=O) groups is 1. The minimum atomic E-state index is -0.0939. The summed E-state index contributed by atoms with van der Waals surface area (Å²) in [5, 5.41) is 0.394. The van der Waals surface area contributed by atoms with Crippen LogP contribution in [-0.4, -0.2) is 27.9 Å². The Morgan fingerprint density at radius 3 is 2.73 bits per heavy atom. The van der Waals surface area contributed by atoms with E-state index in [1.807, 2.05) is 18.2 Å². The molecule has 6 heteroatoms. The molecule has 0 aliphatic carbocycles. The monoisotopic (exact) mass is 366 g/mol. The number of anilines is 1. The third-order valence-electron chi connectivity index (χ3n) is 4.21. The van der Waals surface area contributed by atoms with E-state index >= 15 is 0 Å². The molecule has 26 heavy (non-hydrogen) atoms. The lowest BCUT2D eigenvalue weighted by atomic mass is 9.96. The molecule has 0 saturated heterocycles. The van der Waals surface area contributed by atoms with Gasteiger partial charge >= 0.3 is 0 Å². The first kappa shape index (κ1) is 18.0. The highest BCUT2D eigenvalue weighted by Crippen LogP contribution is 2.25. The summed E-state index contributed by atoms with van der Waals surface area (Å²) in [4.78, 5) is 26.6. The largest absolute Gasteiger partial charge is 0.311 e. The minimum Gasteiger partial charge on any atom is -0.311 e. The fourth-order valence-electron chi connectivity index (χ4n) is 2.75. The van der Waals surface area contributed by atoms with Crippen molar-refractivity contribution in [3.05, 3.63) is 83.2 Å². The molecular formula is C20H19ClN4O. The van der Waals surface area contributed by atoms with Gasteiger partial charge in [-0.1, -0.05) is 30.7 Å². The molecule has 1 amide bonds. The number of nitrogens with zero attached hydrogens (tertiary/aromatic N) is 4. The number of amides is 1. The molecule has 0 unspecified atom stereocenters. The van der Waals surface area contributed by atoms with Gasteiger partial charge in [-0.15, -0.1) is 0 Å². The van der Waals surface area contributed by atoms with E-state index in [9.17, 15) is 4.79 Å². The summed E-state index contributed by atoms with van der Waals surface area (Å²) < 4.78 is 0. The Morgan fingerprint density at radius 2 is 2.00 bits per heavy atom. The topological polar surface area (TPSA) is 59.0 Å². The third-order valence-corrected chi connectivity index (χ3v) is 4.39. The second-order valence-corrected chi connectivity index (χ2v) is 6.53. The molecule has 0 spiro atoms. The first-order valence-corrected chi connectivity index (χ1v) is 8.67. The summed E-state index contributed by atoms with van der Waals surface area (Å²) in [5.74, 6) is 0.119. The molecule has 1 aromatic carbocycles. The van der Waals surface area contributed by atoms with Gasteiger partial charge in [0, 0.05) is 31.3 Å². The predicted molar refractivity (Wildman–Crippen MR) is 103 cm³/mol. The maximum Gasteiger partial charge on any atom is 0.259 e. The number of halogens is 1. The van der Waals surface area contributed by atoms with Crippen LogP contribution in [0.2, 0.25) is 5.15 Å². The maximum atomic E-state index is 12.6. The van der Waals surface area contributed by atoms with Gasteiger partial charge in [0.15, 0.2) is 0 Å². The lowest BCUT2D eigenvalue weighted by Gasteiger charge is -2.20. The summed E-state index contributed by atoms with van der Waals surface area (Å²) in [7, 11) is 1.77. The fraction of sp³-hybridized carbons (Fsp3) is 0.200. The number of hydrogen-bond donors (Lipinski definition) is 0. The quantitative estimate of drug-likeness (QED) is 0.680. The zero-order valence-electron chi connectivity index (χ0n) is 14.6. The molecule has 2 heterocycles. The standard InChI is InChI=1S/C20H19ClN4O/c1-14(9-17-12-23-13-19(21)24-17)15-5-3-7-18(10-15)25(2)20(26)16-6-4-8-22-11-16/h3-8,10-14H,9H2,1-2H3/t14-/m1/s1. The molecule has 3 rings (SSSR count). The van der Waals surface area contributed by atoms with E-state index in [0.29, 0.717) is 10.7 Å². The molecule has 0 saturated carbocycles. The van der Waals surface area contributed by atoms with E-state index in [0.717, 1.165) is 23.4 Å². The van der Waals surface area contributed by atoms with Gasteiger partial charge in [0.05, 0.1) is 17.5 Å². The summed E-state index contributed by atoms with van der Waals surface area (Å²) >= 11 is 5.91. The van der Waals surface area contributed by atoms with Crippen molar-refractivity contribution in [2.45, 2.75) is 19.3 Å². The molecule has 2 aromatic heterocycles. The SMILES string of the molecule is C[C@H](Cc1cncc(Cl)n1)c1cccc(N(C)C(=O)c2cccnc2)c1. The lowest BCUT2D eigenvalue weighted by Crippen LogP contribution is -2.26. The van der Waals surface area contributed by atoms with Crippen molar-refractivity contribution in [3.63, 3.8) is 0 Å². The van der Waals surface area contributed by atoms with Crippen LogP contribution in [0.1, 0.15) is 34.5 Å². The molecule has 0 bridgehead atoms. The fourth-order valence-corrected chi connectivity index (χ4v) is 2.91. The summed E-state index contributed by atoms with van der Waals surface area (Å²) in [5.41, 5.74) is 3.35. The molecule has 3 aromatic rings. The van der Waals surface area contributed by atoms with E-state index in [1.54, 1.807) is 42.7 Å². The zero-order valence-corrected chi connectivity index (χ0v) is 15.4. The number of pyridine rings is 1. The van der Waals surface area contributed by atoms with Crippen molar-refractivity contribution >= 4 is 23.2 Å². The van der Waals surface area contributed by atoms with Gasteiger partial charge in [-0.25, -0.2) is 4.98 Å². The molecule has 5 nitrogen and oxygen atoms in total. The second kappa shape index (κ2) is 8.06. The number of aromatic nitrogens is 3. The van der Waals surface area contributed by atoms with E-state index in [-0.39, 0.29) is 11.8 Å². The van der Waals surface area contributed by atoms with E-state index < -0.39 is 0 Å². The smallest absolute Gasteiger partial charge is 0.259 e. The number of rotatable bonds is 5. The lowest BCUT2D eigenvalue weighted by molar-refractivity contribution is 0.0992. The van der Waals surface area contributed by atoms with Crippen LogP contribution in [0.3, 0.4) is 0 Å². The molecular weight excluding hydrogens is 348 g/mol. The molecule has 0 radical (unpaired) electrons. The molecule has 0 aliphatic rings. The first-order chi connectivity index (χ1) is 12.5. The number of carbonyl (C=O) groups excluding carboxylic acids is 1. The Hall–Kier alpha value is -2.79. The Bertz CT molecular complexity index is 901. The minimum absolute atomic E-state index is 0.0939. The summed E-state index contributed by atoms with van der Waals surface area (Å²) in [6.07, 6.45) is 7.19. The van der Waals surface area contributed by atoms with Gasteiger partial charge in [0.2, 0.25) is 0 Å². The second-order valence-electron chi connectivity index (χ2n) is 6.14. The molecule has 0 N–H and O–H groups in total. The van der Waals surface area contributed by atoms with E-state index in [2.05, 4.69) is 27.9 Å². The summed E-state index contributed by atoms with van der Waals surface area (Å²) in [6.45, 7) is 2.12. The number of hydrogen-bond acceptors (Lipinski definition) is 4. The highest BCUT2D eigenvalue weighted by molar-refractivity contribution is 6.29. The average molecular weight is 367 g/mol. The predicted octanol–water partition coefficient (Wildman–Crippen LogP) is 4.15. The van der Waals surface area contributed by atoms with Gasteiger partial charge in [-0.05, 0) is 42.2 Å². The first-order valence-electron chi connectivity index (χ1n) is 8.29. The average Bonchev–Trinajstić information content (AvgIpc) is 2.67. The van der Waals surface area contributed by atoms with Gasteiger partial charge in [0.25, 0.3) is 5.91 Å². The van der Waals surface area contributed by atoms with Crippen LogP contribution in [0.4, 0.5) is 5.69 Å². The van der Waals surface area contributed by atoms with Crippen molar-refractivity contribution in [3.8, 4) is 0 Å². The molecule has 1 atom stereocenters. The van der Waals surface area contributed by atoms with Crippen LogP contribution in [0, 0.1) is 0 Å². The Morgan fingerprint density at radius 1 is 1.15 bits per heavy atom. The van der Waals surface area contributed by atoms with Gasteiger partial charge < -0.3 is 4.90 Å². The summed E-state index contributed by atoms with van der Waals surface area (Å²) in [6, 6.07) is 11.5. The van der Waals surface area contributed by atoms with Crippen molar-refractivity contribution in [2.75, 3.05) is 11.9 Å². The Balaban J connectivity index is 1.78. The highest BCUT2D eigenvalue weighted by Gasteiger charge is 2.15. The van der Waals surface area contributed by atoms with E-state index in [4.69, 9.17) is 11.6 Å².